The van der Waals surface area contributed by atoms with Crippen LogP contribution in [0, 0.1) is 5.82 Å². The molecule has 2 aromatic carbocycles. The zero-order chi connectivity index (χ0) is 15.4. The Labute approximate surface area is 136 Å². The minimum absolute atomic E-state index is 0.0701. The fraction of sp³-hybridized carbons (Fsp3) is 0.188. The van der Waals surface area contributed by atoms with E-state index in [-0.39, 0.29) is 11.5 Å². The molecule has 2 rings (SSSR count). The van der Waals surface area contributed by atoms with Crippen molar-refractivity contribution < 1.29 is 9.18 Å². The van der Waals surface area contributed by atoms with Crippen LogP contribution in [0.3, 0.4) is 0 Å². The van der Waals surface area contributed by atoms with Crippen molar-refractivity contribution in [2.24, 2.45) is 0 Å². The Kier molecular flexibility index (Phi) is 5.42. The molecule has 1 amide bonds. The highest BCUT2D eigenvalue weighted by Crippen LogP contribution is 2.22. The van der Waals surface area contributed by atoms with Gasteiger partial charge >= 0.3 is 0 Å². The summed E-state index contributed by atoms with van der Waals surface area (Å²) in [5.74, 6) is -0.854. The number of benzene rings is 2. The SMILES string of the molecule is CSc1ccc(CN(C)C(=O)c2c(F)cccc2Br)cc1. The second-order valence-corrected chi connectivity index (χ2v) is 6.34. The maximum Gasteiger partial charge on any atom is 0.258 e. The summed E-state index contributed by atoms with van der Waals surface area (Å²) in [7, 11) is 1.67. The maximum atomic E-state index is 13.8. The molecule has 0 aliphatic carbocycles. The fourth-order valence-corrected chi connectivity index (χ4v) is 2.89. The van der Waals surface area contributed by atoms with Crippen molar-refractivity contribution in [2.45, 2.75) is 11.4 Å². The van der Waals surface area contributed by atoms with Crippen LogP contribution in [-0.4, -0.2) is 24.1 Å². The zero-order valence-electron chi connectivity index (χ0n) is 11.8. The van der Waals surface area contributed by atoms with Crippen molar-refractivity contribution in [1.29, 1.82) is 0 Å². The molecular weight excluding hydrogens is 353 g/mol. The average Bonchev–Trinajstić information content (AvgIpc) is 2.47. The lowest BCUT2D eigenvalue weighted by atomic mass is 10.1. The van der Waals surface area contributed by atoms with Gasteiger partial charge in [0.1, 0.15) is 5.82 Å². The van der Waals surface area contributed by atoms with E-state index < -0.39 is 5.82 Å². The first-order valence-corrected chi connectivity index (χ1v) is 8.37. The Balaban J connectivity index is 2.15. The average molecular weight is 368 g/mol. The molecular formula is C16H15BrFNOS. The van der Waals surface area contributed by atoms with Crippen molar-refractivity contribution in [3.8, 4) is 0 Å². The Hall–Kier alpha value is -1.33. The number of hydrogen-bond donors (Lipinski definition) is 0. The molecule has 0 saturated heterocycles. The predicted octanol–water partition coefficient (Wildman–Crippen LogP) is 4.58. The largest absolute Gasteiger partial charge is 0.337 e. The van der Waals surface area contributed by atoms with Crippen LogP contribution in [-0.2, 0) is 6.54 Å². The fourth-order valence-electron chi connectivity index (χ4n) is 1.97. The summed E-state index contributed by atoms with van der Waals surface area (Å²) < 4.78 is 14.3. The van der Waals surface area contributed by atoms with Gasteiger partial charge in [0.05, 0.1) is 5.56 Å². The van der Waals surface area contributed by atoms with Crippen LogP contribution in [0.2, 0.25) is 0 Å². The van der Waals surface area contributed by atoms with E-state index in [0.29, 0.717) is 11.0 Å². The summed E-state index contributed by atoms with van der Waals surface area (Å²) >= 11 is 4.90. The summed E-state index contributed by atoms with van der Waals surface area (Å²) in [4.78, 5) is 15.0. The maximum absolute atomic E-state index is 13.8. The Morgan fingerprint density at radius 2 is 1.90 bits per heavy atom. The molecule has 0 saturated carbocycles. The normalized spacial score (nSPS) is 10.5. The number of amides is 1. The van der Waals surface area contributed by atoms with E-state index in [2.05, 4.69) is 15.9 Å². The van der Waals surface area contributed by atoms with Crippen molar-refractivity contribution >= 4 is 33.6 Å². The van der Waals surface area contributed by atoms with Crippen molar-refractivity contribution in [1.82, 2.24) is 4.90 Å². The molecule has 0 aromatic heterocycles. The standard InChI is InChI=1S/C16H15BrFNOS/c1-19(10-11-6-8-12(21-2)9-7-11)16(20)15-13(17)4-3-5-14(15)18/h3-9H,10H2,1-2H3. The quantitative estimate of drug-likeness (QED) is 0.737. The molecule has 2 aromatic rings. The Bertz CT molecular complexity index is 625. The molecule has 0 unspecified atom stereocenters. The van der Waals surface area contributed by atoms with Crippen LogP contribution in [0.15, 0.2) is 51.8 Å². The lowest BCUT2D eigenvalue weighted by Gasteiger charge is -2.18. The summed E-state index contributed by atoms with van der Waals surface area (Å²) in [6, 6.07) is 12.5. The van der Waals surface area contributed by atoms with Gasteiger partial charge in [0, 0.05) is 23.0 Å². The number of carbonyl (C=O) groups is 1. The Morgan fingerprint density at radius 3 is 2.48 bits per heavy atom. The van der Waals surface area contributed by atoms with Crippen molar-refractivity contribution in [3.05, 3.63) is 63.9 Å². The number of hydrogen-bond acceptors (Lipinski definition) is 2. The number of carbonyl (C=O) groups excluding carboxylic acids is 1. The van der Waals surface area contributed by atoms with E-state index in [4.69, 9.17) is 0 Å². The van der Waals surface area contributed by atoms with Gasteiger partial charge in [-0.1, -0.05) is 18.2 Å². The molecule has 0 radical (unpaired) electrons. The minimum atomic E-state index is -0.515. The summed E-state index contributed by atoms with van der Waals surface area (Å²) in [6.07, 6.45) is 2.01. The van der Waals surface area contributed by atoms with E-state index in [1.54, 1.807) is 30.9 Å². The van der Waals surface area contributed by atoms with Crippen LogP contribution >= 0.6 is 27.7 Å². The summed E-state index contributed by atoms with van der Waals surface area (Å²) in [6.45, 7) is 0.439. The van der Waals surface area contributed by atoms with E-state index >= 15 is 0 Å². The van der Waals surface area contributed by atoms with Crippen molar-refractivity contribution in [2.75, 3.05) is 13.3 Å². The van der Waals surface area contributed by atoms with E-state index in [1.165, 1.54) is 15.9 Å². The number of nitrogens with zero attached hydrogens (tertiary/aromatic N) is 1. The van der Waals surface area contributed by atoms with Crippen LogP contribution in [0.5, 0.6) is 0 Å². The molecule has 21 heavy (non-hydrogen) atoms. The lowest BCUT2D eigenvalue weighted by Crippen LogP contribution is -2.27. The molecule has 0 atom stereocenters. The first kappa shape index (κ1) is 16.0. The first-order chi connectivity index (χ1) is 10.0. The molecule has 0 bridgehead atoms. The van der Waals surface area contributed by atoms with Crippen LogP contribution < -0.4 is 0 Å². The predicted molar refractivity (Wildman–Crippen MR) is 88.1 cm³/mol. The third kappa shape index (κ3) is 3.86. The van der Waals surface area contributed by atoms with Gasteiger partial charge in [0.15, 0.2) is 0 Å². The topological polar surface area (TPSA) is 20.3 Å². The van der Waals surface area contributed by atoms with Gasteiger partial charge < -0.3 is 4.90 Å². The van der Waals surface area contributed by atoms with Crippen molar-refractivity contribution in [3.63, 3.8) is 0 Å². The minimum Gasteiger partial charge on any atom is -0.337 e. The number of halogens is 2. The molecule has 0 aliphatic heterocycles. The monoisotopic (exact) mass is 367 g/mol. The highest BCUT2D eigenvalue weighted by atomic mass is 79.9. The van der Waals surface area contributed by atoms with Gasteiger partial charge in [-0.25, -0.2) is 4.39 Å². The molecule has 0 N–H and O–H groups in total. The van der Waals surface area contributed by atoms with Gasteiger partial charge in [0.25, 0.3) is 5.91 Å². The molecule has 0 aliphatic rings. The first-order valence-electron chi connectivity index (χ1n) is 6.35. The molecule has 2 nitrogen and oxygen atoms in total. The van der Waals surface area contributed by atoms with Gasteiger partial charge in [-0.3, -0.25) is 4.79 Å². The summed E-state index contributed by atoms with van der Waals surface area (Å²) in [5.41, 5.74) is 1.08. The van der Waals surface area contributed by atoms with E-state index in [1.807, 2.05) is 30.5 Å². The van der Waals surface area contributed by atoms with Gasteiger partial charge in [-0.05, 0) is 52.0 Å². The number of thioether (sulfide) groups is 1. The van der Waals surface area contributed by atoms with Gasteiger partial charge in [-0.15, -0.1) is 11.8 Å². The lowest BCUT2D eigenvalue weighted by molar-refractivity contribution is 0.0779. The van der Waals surface area contributed by atoms with Crippen LogP contribution in [0.1, 0.15) is 15.9 Å². The second-order valence-electron chi connectivity index (χ2n) is 4.61. The highest BCUT2D eigenvalue weighted by Gasteiger charge is 2.19. The molecule has 0 fully saturated rings. The third-order valence-corrected chi connectivity index (χ3v) is 4.51. The molecule has 0 heterocycles. The zero-order valence-corrected chi connectivity index (χ0v) is 14.2. The van der Waals surface area contributed by atoms with Crippen LogP contribution in [0.25, 0.3) is 0 Å². The molecule has 0 spiro atoms. The molecule has 5 heteroatoms. The van der Waals surface area contributed by atoms with Crippen LogP contribution in [0.4, 0.5) is 4.39 Å². The Morgan fingerprint density at radius 1 is 1.24 bits per heavy atom. The van der Waals surface area contributed by atoms with E-state index in [9.17, 15) is 9.18 Å². The third-order valence-electron chi connectivity index (χ3n) is 3.10. The van der Waals surface area contributed by atoms with Gasteiger partial charge in [0.2, 0.25) is 0 Å². The smallest absolute Gasteiger partial charge is 0.258 e. The highest BCUT2D eigenvalue weighted by molar-refractivity contribution is 9.10. The second kappa shape index (κ2) is 7.09. The summed E-state index contributed by atoms with van der Waals surface area (Å²) in [5, 5.41) is 0. The van der Waals surface area contributed by atoms with Gasteiger partial charge in [-0.2, -0.15) is 0 Å². The number of rotatable bonds is 4. The van der Waals surface area contributed by atoms with E-state index in [0.717, 1.165) is 5.56 Å². The molecule has 110 valence electrons.